The van der Waals surface area contributed by atoms with E-state index in [9.17, 15) is 9.59 Å². The Hall–Kier alpha value is -2.34. The number of ether oxygens (including phenoxy) is 1. The fourth-order valence-electron chi connectivity index (χ4n) is 2.60. The van der Waals surface area contributed by atoms with Gasteiger partial charge in [-0.05, 0) is 41.6 Å². The van der Waals surface area contributed by atoms with Gasteiger partial charge in [0.25, 0.3) is 5.91 Å². The Morgan fingerprint density at radius 3 is 3.04 bits per heavy atom. The van der Waals surface area contributed by atoms with Crippen molar-refractivity contribution in [2.24, 2.45) is 0 Å². The summed E-state index contributed by atoms with van der Waals surface area (Å²) in [6.07, 6.45) is 0.891. The van der Waals surface area contributed by atoms with Gasteiger partial charge in [-0.2, -0.15) is 0 Å². The van der Waals surface area contributed by atoms with Crippen LogP contribution in [0.1, 0.15) is 20.8 Å². The fourth-order valence-corrected chi connectivity index (χ4v) is 3.49. The van der Waals surface area contributed by atoms with Gasteiger partial charge in [0, 0.05) is 23.5 Å². The number of hydrogen-bond donors (Lipinski definition) is 1. The summed E-state index contributed by atoms with van der Waals surface area (Å²) in [6.45, 7) is 1.35. The molecule has 3 rings (SSSR count). The van der Waals surface area contributed by atoms with E-state index in [0.29, 0.717) is 24.4 Å². The normalized spacial score (nSPS) is 13.3. The zero-order valence-corrected chi connectivity index (χ0v) is 13.7. The number of nitrogens with zero attached hydrogens (tertiary/aromatic N) is 1. The molecule has 5 nitrogen and oxygen atoms in total. The summed E-state index contributed by atoms with van der Waals surface area (Å²) in [5, 5.41) is 4.74. The van der Waals surface area contributed by atoms with Crippen LogP contribution in [0.15, 0.2) is 35.7 Å². The zero-order chi connectivity index (χ0) is 16.2. The Bertz CT molecular complexity index is 726. The Morgan fingerprint density at radius 2 is 2.22 bits per heavy atom. The van der Waals surface area contributed by atoms with Crippen molar-refractivity contribution in [2.75, 3.05) is 20.2 Å². The maximum Gasteiger partial charge on any atom is 0.251 e. The maximum atomic E-state index is 12.3. The van der Waals surface area contributed by atoms with Gasteiger partial charge >= 0.3 is 0 Å². The van der Waals surface area contributed by atoms with Crippen LogP contribution in [0.3, 0.4) is 0 Å². The number of nitrogens with one attached hydrogen (secondary N) is 1. The standard InChI is InChI=1S/C17H18N2O3S/c1-22-14-4-2-3-12(9-14)17(21)18-10-16(20)19-7-5-15-13(11-19)6-8-23-15/h2-4,6,8-9H,5,7,10-11H2,1H3,(H,18,21). The van der Waals surface area contributed by atoms with Crippen molar-refractivity contribution in [3.63, 3.8) is 0 Å². The third-order valence-corrected chi connectivity index (χ3v) is 4.92. The van der Waals surface area contributed by atoms with E-state index in [2.05, 4.69) is 16.8 Å². The van der Waals surface area contributed by atoms with Crippen molar-refractivity contribution < 1.29 is 14.3 Å². The summed E-state index contributed by atoms with van der Waals surface area (Å²) in [5.74, 6) is 0.286. The topological polar surface area (TPSA) is 58.6 Å². The molecule has 0 saturated heterocycles. The van der Waals surface area contributed by atoms with E-state index in [1.165, 1.54) is 10.4 Å². The minimum atomic E-state index is -0.273. The highest BCUT2D eigenvalue weighted by atomic mass is 32.1. The number of rotatable bonds is 4. The van der Waals surface area contributed by atoms with Gasteiger partial charge in [-0.3, -0.25) is 9.59 Å². The molecule has 0 radical (unpaired) electrons. The van der Waals surface area contributed by atoms with Crippen LogP contribution in [-0.4, -0.2) is 36.9 Å². The van der Waals surface area contributed by atoms with Crippen LogP contribution in [0.25, 0.3) is 0 Å². The molecule has 0 aliphatic carbocycles. The van der Waals surface area contributed by atoms with E-state index < -0.39 is 0 Å². The number of methoxy groups -OCH3 is 1. The lowest BCUT2D eigenvalue weighted by molar-refractivity contribution is -0.131. The lowest BCUT2D eigenvalue weighted by Crippen LogP contribution is -2.42. The van der Waals surface area contributed by atoms with Gasteiger partial charge in [-0.25, -0.2) is 0 Å². The fraction of sp³-hybridized carbons (Fsp3) is 0.294. The Kier molecular flexibility index (Phi) is 4.62. The molecule has 2 aromatic rings. The smallest absolute Gasteiger partial charge is 0.251 e. The largest absolute Gasteiger partial charge is 0.497 e. The van der Waals surface area contributed by atoms with Gasteiger partial charge in [-0.1, -0.05) is 6.07 Å². The second kappa shape index (κ2) is 6.83. The molecule has 0 bridgehead atoms. The lowest BCUT2D eigenvalue weighted by atomic mass is 10.1. The Morgan fingerprint density at radius 1 is 1.35 bits per heavy atom. The number of amides is 2. The molecule has 2 heterocycles. The summed E-state index contributed by atoms with van der Waals surface area (Å²) in [5.41, 5.74) is 1.70. The van der Waals surface area contributed by atoms with Crippen molar-refractivity contribution in [3.8, 4) is 5.75 Å². The first kappa shape index (κ1) is 15.6. The molecule has 120 valence electrons. The molecule has 0 unspecified atom stereocenters. The number of benzene rings is 1. The predicted octanol–water partition coefficient (Wildman–Crippen LogP) is 2.07. The van der Waals surface area contributed by atoms with Crippen molar-refractivity contribution in [1.29, 1.82) is 0 Å². The third kappa shape index (κ3) is 3.53. The van der Waals surface area contributed by atoms with Gasteiger partial charge < -0.3 is 15.0 Å². The lowest BCUT2D eigenvalue weighted by Gasteiger charge is -2.27. The molecular formula is C17H18N2O3S. The van der Waals surface area contributed by atoms with E-state index in [1.54, 1.807) is 47.6 Å². The first-order valence-corrected chi connectivity index (χ1v) is 8.30. The molecule has 0 saturated carbocycles. The SMILES string of the molecule is COc1cccc(C(=O)NCC(=O)N2CCc3sccc3C2)c1. The molecule has 1 aromatic heterocycles. The van der Waals surface area contributed by atoms with Crippen molar-refractivity contribution in [1.82, 2.24) is 10.2 Å². The quantitative estimate of drug-likeness (QED) is 0.934. The first-order chi connectivity index (χ1) is 11.2. The highest BCUT2D eigenvalue weighted by molar-refractivity contribution is 7.10. The molecule has 1 aliphatic rings. The number of thiophene rings is 1. The third-order valence-electron chi connectivity index (χ3n) is 3.89. The zero-order valence-electron chi connectivity index (χ0n) is 12.9. The number of fused-ring (bicyclic) bond motifs is 1. The molecule has 6 heteroatoms. The monoisotopic (exact) mass is 330 g/mol. The minimum absolute atomic E-state index is 0.00944. The second-order valence-electron chi connectivity index (χ2n) is 5.35. The van der Waals surface area contributed by atoms with Crippen molar-refractivity contribution >= 4 is 23.2 Å². The van der Waals surface area contributed by atoms with E-state index in [1.807, 2.05) is 0 Å². The second-order valence-corrected chi connectivity index (χ2v) is 6.35. The molecule has 0 atom stereocenters. The molecule has 23 heavy (non-hydrogen) atoms. The van der Waals surface area contributed by atoms with Gasteiger partial charge in [0.05, 0.1) is 13.7 Å². The summed E-state index contributed by atoms with van der Waals surface area (Å²) in [6, 6.07) is 8.93. The number of hydrogen-bond acceptors (Lipinski definition) is 4. The van der Waals surface area contributed by atoms with Gasteiger partial charge in [0.2, 0.25) is 5.91 Å². The average Bonchev–Trinajstić information content (AvgIpc) is 3.07. The van der Waals surface area contributed by atoms with Crippen molar-refractivity contribution in [3.05, 3.63) is 51.7 Å². The maximum absolute atomic E-state index is 12.3. The Balaban J connectivity index is 1.55. The number of carbonyl (C=O) groups excluding carboxylic acids is 2. The highest BCUT2D eigenvalue weighted by Gasteiger charge is 2.21. The van der Waals surface area contributed by atoms with Gasteiger partial charge in [0.1, 0.15) is 5.75 Å². The molecule has 0 spiro atoms. The van der Waals surface area contributed by atoms with E-state index in [4.69, 9.17) is 4.74 Å². The highest BCUT2D eigenvalue weighted by Crippen LogP contribution is 2.23. The van der Waals surface area contributed by atoms with E-state index in [-0.39, 0.29) is 18.4 Å². The Labute approximate surface area is 138 Å². The minimum Gasteiger partial charge on any atom is -0.497 e. The van der Waals surface area contributed by atoms with E-state index in [0.717, 1.165) is 6.42 Å². The van der Waals surface area contributed by atoms with Crippen molar-refractivity contribution in [2.45, 2.75) is 13.0 Å². The van der Waals surface area contributed by atoms with Gasteiger partial charge in [-0.15, -0.1) is 11.3 Å². The average molecular weight is 330 g/mol. The molecule has 1 N–H and O–H groups in total. The van der Waals surface area contributed by atoms with Crippen LogP contribution in [0, 0.1) is 0 Å². The van der Waals surface area contributed by atoms with Crippen LogP contribution in [-0.2, 0) is 17.8 Å². The van der Waals surface area contributed by atoms with E-state index >= 15 is 0 Å². The summed E-state index contributed by atoms with van der Waals surface area (Å²) >= 11 is 1.74. The number of carbonyl (C=O) groups is 2. The molecule has 2 amide bonds. The molecule has 1 aromatic carbocycles. The van der Waals surface area contributed by atoms with Crippen LogP contribution in [0.2, 0.25) is 0 Å². The first-order valence-electron chi connectivity index (χ1n) is 7.42. The summed E-state index contributed by atoms with van der Waals surface area (Å²) in [4.78, 5) is 27.5. The summed E-state index contributed by atoms with van der Waals surface area (Å²) < 4.78 is 5.10. The molecular weight excluding hydrogens is 312 g/mol. The summed E-state index contributed by atoms with van der Waals surface area (Å²) in [7, 11) is 1.55. The van der Waals surface area contributed by atoms with Gasteiger partial charge in [0.15, 0.2) is 0 Å². The van der Waals surface area contributed by atoms with Crippen LogP contribution in [0.4, 0.5) is 0 Å². The van der Waals surface area contributed by atoms with Crippen LogP contribution >= 0.6 is 11.3 Å². The molecule has 0 fully saturated rings. The van der Waals surface area contributed by atoms with Crippen LogP contribution in [0.5, 0.6) is 5.75 Å². The molecule has 1 aliphatic heterocycles. The van der Waals surface area contributed by atoms with Crippen LogP contribution < -0.4 is 10.1 Å². The predicted molar refractivity (Wildman–Crippen MR) is 88.8 cm³/mol.